The van der Waals surface area contributed by atoms with Crippen LogP contribution in [-0.2, 0) is 9.53 Å². The predicted molar refractivity (Wildman–Crippen MR) is 48.1 cm³/mol. The zero-order valence-corrected chi connectivity index (χ0v) is 8.03. The van der Waals surface area contributed by atoms with Crippen LogP contribution in [0.1, 0.15) is 6.42 Å². The fraction of sp³-hybridized carbons (Fsp3) is 0.714. The number of azide groups is 1. The molecule has 0 aromatic carbocycles. The van der Waals surface area contributed by atoms with Crippen molar-refractivity contribution in [2.75, 3.05) is 13.7 Å². The average Bonchev–Trinajstić information content (AvgIpc) is 2.61. The highest BCUT2D eigenvalue weighted by molar-refractivity contribution is 5.81. The van der Waals surface area contributed by atoms with Crippen molar-refractivity contribution in [1.82, 2.24) is 4.90 Å². The second-order valence-electron chi connectivity index (χ2n) is 3.07. The van der Waals surface area contributed by atoms with Gasteiger partial charge in [0.15, 0.2) is 0 Å². The standard InChI is InChI=1S/C7H10N4O4/c1-15-6(12)5-2-4(9-10-8)3-11(5)7(13)14/h4-5H,2-3H2,1H3,(H,13,14). The lowest BCUT2D eigenvalue weighted by Crippen LogP contribution is -2.40. The van der Waals surface area contributed by atoms with E-state index in [1.54, 1.807) is 0 Å². The van der Waals surface area contributed by atoms with Crippen molar-refractivity contribution in [3.63, 3.8) is 0 Å². The number of methoxy groups -OCH3 is 1. The van der Waals surface area contributed by atoms with Crippen molar-refractivity contribution in [3.8, 4) is 0 Å². The zero-order valence-electron chi connectivity index (χ0n) is 8.03. The molecule has 1 N–H and O–H groups in total. The minimum absolute atomic E-state index is 0.0269. The van der Waals surface area contributed by atoms with E-state index < -0.39 is 24.1 Å². The summed E-state index contributed by atoms with van der Waals surface area (Å²) in [6.07, 6.45) is -1.05. The monoisotopic (exact) mass is 214 g/mol. The SMILES string of the molecule is COC(=O)C1CC(N=[N+]=[N-])CN1C(=O)O. The van der Waals surface area contributed by atoms with Crippen molar-refractivity contribution in [2.24, 2.45) is 5.11 Å². The highest BCUT2D eigenvalue weighted by atomic mass is 16.5. The first-order valence-corrected chi connectivity index (χ1v) is 4.21. The summed E-state index contributed by atoms with van der Waals surface area (Å²) in [5.41, 5.74) is 8.21. The van der Waals surface area contributed by atoms with E-state index in [1.165, 1.54) is 7.11 Å². The van der Waals surface area contributed by atoms with Crippen LogP contribution in [0.2, 0.25) is 0 Å². The van der Waals surface area contributed by atoms with Gasteiger partial charge in [-0.2, -0.15) is 0 Å². The number of carboxylic acid groups (broad SMARTS) is 1. The van der Waals surface area contributed by atoms with Gasteiger partial charge in [-0.1, -0.05) is 5.11 Å². The maximum absolute atomic E-state index is 11.2. The second-order valence-corrected chi connectivity index (χ2v) is 3.07. The van der Waals surface area contributed by atoms with Crippen molar-refractivity contribution in [1.29, 1.82) is 0 Å². The van der Waals surface area contributed by atoms with Crippen LogP contribution < -0.4 is 0 Å². The number of carbonyl (C=O) groups is 2. The number of nitrogens with zero attached hydrogens (tertiary/aromatic N) is 4. The van der Waals surface area contributed by atoms with Crippen LogP contribution in [-0.4, -0.2) is 47.8 Å². The number of rotatable bonds is 2. The Labute approximate surface area is 85.0 Å². The summed E-state index contributed by atoms with van der Waals surface area (Å²) in [4.78, 5) is 25.5. The maximum atomic E-state index is 11.2. The normalized spacial score (nSPS) is 24.5. The van der Waals surface area contributed by atoms with Gasteiger partial charge in [0.2, 0.25) is 0 Å². The Morgan fingerprint density at radius 1 is 1.67 bits per heavy atom. The molecule has 1 heterocycles. The van der Waals surface area contributed by atoms with E-state index in [4.69, 9.17) is 10.6 Å². The van der Waals surface area contributed by atoms with Crippen molar-refractivity contribution in [3.05, 3.63) is 10.4 Å². The Kier molecular flexibility index (Phi) is 3.35. The molecule has 1 aliphatic heterocycles. The minimum atomic E-state index is -1.22. The highest BCUT2D eigenvalue weighted by Gasteiger charge is 2.39. The third-order valence-corrected chi connectivity index (χ3v) is 2.21. The van der Waals surface area contributed by atoms with Gasteiger partial charge in [-0.15, -0.1) is 0 Å². The predicted octanol–water partition coefficient (Wildman–Crippen LogP) is 0.591. The summed E-state index contributed by atoms with van der Waals surface area (Å²) in [7, 11) is 1.18. The lowest BCUT2D eigenvalue weighted by atomic mass is 10.2. The molecule has 15 heavy (non-hydrogen) atoms. The topological polar surface area (TPSA) is 116 Å². The number of hydrogen-bond acceptors (Lipinski definition) is 4. The second kappa shape index (κ2) is 4.52. The third-order valence-electron chi connectivity index (χ3n) is 2.21. The quantitative estimate of drug-likeness (QED) is 0.313. The smallest absolute Gasteiger partial charge is 0.408 e. The fourth-order valence-electron chi connectivity index (χ4n) is 1.54. The van der Waals surface area contributed by atoms with Gasteiger partial charge in [0.1, 0.15) is 6.04 Å². The van der Waals surface area contributed by atoms with Crippen molar-refractivity contribution >= 4 is 12.1 Å². The highest BCUT2D eigenvalue weighted by Crippen LogP contribution is 2.21. The molecule has 0 aromatic heterocycles. The molecule has 1 fully saturated rings. The first-order valence-electron chi connectivity index (χ1n) is 4.21. The molecule has 0 bridgehead atoms. The lowest BCUT2D eigenvalue weighted by molar-refractivity contribution is -0.145. The van der Waals surface area contributed by atoms with E-state index in [0.29, 0.717) is 0 Å². The molecule has 8 nitrogen and oxygen atoms in total. The van der Waals surface area contributed by atoms with Crippen LogP contribution >= 0.6 is 0 Å². The maximum Gasteiger partial charge on any atom is 0.408 e. The summed E-state index contributed by atoms with van der Waals surface area (Å²) in [6.45, 7) is 0.0269. The van der Waals surface area contributed by atoms with Gasteiger partial charge in [-0.05, 0) is 12.0 Å². The van der Waals surface area contributed by atoms with Gasteiger partial charge >= 0.3 is 12.1 Å². The fourth-order valence-corrected chi connectivity index (χ4v) is 1.54. The van der Waals surface area contributed by atoms with Crippen LogP contribution in [0.4, 0.5) is 4.79 Å². The number of esters is 1. The molecule has 1 aliphatic rings. The molecule has 82 valence electrons. The van der Waals surface area contributed by atoms with E-state index in [-0.39, 0.29) is 13.0 Å². The van der Waals surface area contributed by atoms with Gasteiger partial charge < -0.3 is 9.84 Å². The number of carbonyl (C=O) groups excluding carboxylic acids is 1. The molecule has 2 atom stereocenters. The number of hydrogen-bond donors (Lipinski definition) is 1. The van der Waals surface area contributed by atoms with E-state index in [2.05, 4.69) is 14.8 Å². The zero-order chi connectivity index (χ0) is 11.4. The first kappa shape index (κ1) is 11.1. The largest absolute Gasteiger partial charge is 0.467 e. The van der Waals surface area contributed by atoms with Crippen LogP contribution in [0.25, 0.3) is 10.4 Å². The summed E-state index contributed by atoms with van der Waals surface area (Å²) < 4.78 is 4.46. The Balaban J connectivity index is 2.80. The number of ether oxygens (including phenoxy) is 1. The van der Waals surface area contributed by atoms with Crippen LogP contribution in [0.15, 0.2) is 5.11 Å². The molecular weight excluding hydrogens is 204 g/mol. The molecular formula is C7H10N4O4. The Bertz CT molecular complexity index is 325. The Morgan fingerprint density at radius 3 is 2.80 bits per heavy atom. The van der Waals surface area contributed by atoms with Crippen molar-refractivity contribution in [2.45, 2.75) is 18.5 Å². The van der Waals surface area contributed by atoms with Gasteiger partial charge in [0, 0.05) is 11.5 Å². The van der Waals surface area contributed by atoms with Gasteiger partial charge in [0.25, 0.3) is 0 Å². The van der Waals surface area contributed by atoms with Gasteiger partial charge in [-0.25, -0.2) is 9.59 Å². The molecule has 2 unspecified atom stereocenters. The Morgan fingerprint density at radius 2 is 2.33 bits per heavy atom. The molecule has 0 saturated carbocycles. The van der Waals surface area contributed by atoms with Crippen LogP contribution in [0.3, 0.4) is 0 Å². The lowest BCUT2D eigenvalue weighted by Gasteiger charge is -2.18. The third kappa shape index (κ3) is 2.29. The Hall–Kier alpha value is -1.95. The summed E-state index contributed by atoms with van der Waals surface area (Å²) in [5, 5.41) is 12.2. The number of amides is 1. The van der Waals surface area contributed by atoms with E-state index in [9.17, 15) is 9.59 Å². The van der Waals surface area contributed by atoms with Crippen LogP contribution in [0.5, 0.6) is 0 Å². The minimum Gasteiger partial charge on any atom is -0.467 e. The molecule has 0 spiro atoms. The molecule has 1 amide bonds. The van der Waals surface area contributed by atoms with E-state index in [0.717, 1.165) is 4.90 Å². The first-order chi connectivity index (χ1) is 7.10. The van der Waals surface area contributed by atoms with Gasteiger partial charge in [0.05, 0.1) is 13.2 Å². The summed E-state index contributed by atoms with van der Waals surface area (Å²) in [6, 6.07) is -1.38. The van der Waals surface area contributed by atoms with E-state index in [1.807, 2.05) is 0 Å². The van der Waals surface area contributed by atoms with E-state index >= 15 is 0 Å². The molecule has 1 rings (SSSR count). The molecule has 1 saturated heterocycles. The molecule has 0 aromatic rings. The number of likely N-dealkylation sites (tertiary alicyclic amines) is 1. The van der Waals surface area contributed by atoms with Gasteiger partial charge in [-0.3, -0.25) is 4.90 Å². The molecule has 0 aliphatic carbocycles. The molecule has 0 radical (unpaired) electrons. The summed E-state index contributed by atoms with van der Waals surface area (Å²) in [5.74, 6) is -0.631. The average molecular weight is 214 g/mol. The van der Waals surface area contributed by atoms with Crippen molar-refractivity contribution < 1.29 is 19.4 Å². The summed E-state index contributed by atoms with van der Waals surface area (Å²) >= 11 is 0. The van der Waals surface area contributed by atoms with Crippen LogP contribution in [0, 0.1) is 0 Å². The molecule has 8 heteroatoms.